The third kappa shape index (κ3) is 2.65. The van der Waals surface area contributed by atoms with Gasteiger partial charge in [-0.05, 0) is 36.4 Å². The summed E-state index contributed by atoms with van der Waals surface area (Å²) >= 11 is 6.04. The first-order valence-electron chi connectivity index (χ1n) is 7.37. The van der Waals surface area contributed by atoms with Crippen molar-refractivity contribution >= 4 is 38.3 Å². The molecule has 2 heterocycles. The van der Waals surface area contributed by atoms with E-state index in [1.807, 2.05) is 6.07 Å². The molecule has 0 saturated carbocycles. The van der Waals surface area contributed by atoms with Crippen LogP contribution in [0.4, 0.5) is 0 Å². The van der Waals surface area contributed by atoms with Gasteiger partial charge in [0.15, 0.2) is 16.4 Å². The van der Waals surface area contributed by atoms with Gasteiger partial charge in [0, 0.05) is 27.1 Å². The number of ether oxygens (including phenoxy) is 1. The third-order valence-electron chi connectivity index (χ3n) is 4.12. The highest BCUT2D eigenvalue weighted by Crippen LogP contribution is 2.42. The molecule has 2 N–H and O–H groups in total. The van der Waals surface area contributed by atoms with Crippen LogP contribution in [-0.4, -0.2) is 31.1 Å². The van der Waals surface area contributed by atoms with Gasteiger partial charge in [0.1, 0.15) is 5.75 Å². The summed E-state index contributed by atoms with van der Waals surface area (Å²) < 4.78 is 30.6. The van der Waals surface area contributed by atoms with Crippen molar-refractivity contribution in [3.05, 3.63) is 47.0 Å². The zero-order chi connectivity index (χ0) is 17.8. The number of hydrogen-bond acceptors (Lipinski definition) is 4. The molecular weight excluding hydrogens is 366 g/mol. The SMILES string of the molecule is O=C(O)COc1ccc2c(c1)S(=O)(=O)Cc1c-2[nH]c2ccc(Cl)cc12. The summed E-state index contributed by atoms with van der Waals surface area (Å²) in [5.74, 6) is -1.08. The zero-order valence-corrected chi connectivity index (χ0v) is 14.3. The van der Waals surface area contributed by atoms with E-state index < -0.39 is 22.4 Å². The standard InChI is InChI=1S/C17H12ClNO5S/c18-9-1-4-14-12(5-9)13-8-25(22,23)15-6-10(24-7-16(20)21)2-3-11(15)17(13)19-14/h1-6,19H,7-8H2,(H,20,21). The molecule has 0 radical (unpaired) electrons. The number of benzene rings is 2. The number of carbonyl (C=O) groups is 1. The van der Waals surface area contributed by atoms with Crippen molar-refractivity contribution in [2.75, 3.05) is 6.61 Å². The zero-order valence-electron chi connectivity index (χ0n) is 12.7. The Balaban J connectivity index is 1.91. The molecule has 3 aromatic rings. The number of aromatic nitrogens is 1. The number of carboxylic acid groups (broad SMARTS) is 1. The van der Waals surface area contributed by atoms with Crippen molar-refractivity contribution in [3.63, 3.8) is 0 Å². The van der Waals surface area contributed by atoms with E-state index in [1.165, 1.54) is 6.07 Å². The molecule has 1 aliphatic heterocycles. The first-order chi connectivity index (χ1) is 11.8. The van der Waals surface area contributed by atoms with E-state index in [4.69, 9.17) is 21.4 Å². The summed E-state index contributed by atoms with van der Waals surface area (Å²) in [6.45, 7) is -0.533. The van der Waals surface area contributed by atoms with Gasteiger partial charge in [0.25, 0.3) is 0 Å². The lowest BCUT2D eigenvalue weighted by Crippen LogP contribution is -2.14. The average molecular weight is 378 g/mol. The minimum Gasteiger partial charge on any atom is -0.482 e. The monoisotopic (exact) mass is 377 g/mol. The lowest BCUT2D eigenvalue weighted by Gasteiger charge is -2.18. The van der Waals surface area contributed by atoms with Gasteiger partial charge in [0.2, 0.25) is 0 Å². The van der Waals surface area contributed by atoms with Crippen LogP contribution in [0.5, 0.6) is 5.75 Å². The highest BCUT2D eigenvalue weighted by atomic mass is 35.5. The maximum Gasteiger partial charge on any atom is 0.341 e. The number of sulfone groups is 1. The van der Waals surface area contributed by atoms with E-state index in [2.05, 4.69) is 4.98 Å². The van der Waals surface area contributed by atoms with E-state index in [9.17, 15) is 13.2 Å². The largest absolute Gasteiger partial charge is 0.482 e. The molecule has 128 valence electrons. The Labute approximate surface area is 147 Å². The van der Waals surface area contributed by atoms with Gasteiger partial charge in [-0.3, -0.25) is 0 Å². The second-order valence-electron chi connectivity index (χ2n) is 5.77. The second kappa shape index (κ2) is 5.50. The van der Waals surface area contributed by atoms with Crippen molar-refractivity contribution in [2.24, 2.45) is 0 Å². The maximum atomic E-state index is 12.7. The van der Waals surface area contributed by atoms with Crippen LogP contribution in [0.3, 0.4) is 0 Å². The fraction of sp³-hybridized carbons (Fsp3) is 0.118. The van der Waals surface area contributed by atoms with E-state index in [-0.39, 0.29) is 16.4 Å². The topological polar surface area (TPSA) is 96.5 Å². The van der Waals surface area contributed by atoms with Crippen molar-refractivity contribution in [1.29, 1.82) is 0 Å². The molecule has 0 fully saturated rings. The van der Waals surface area contributed by atoms with Gasteiger partial charge in [0.05, 0.1) is 16.3 Å². The lowest BCUT2D eigenvalue weighted by atomic mass is 10.1. The normalized spacial score (nSPS) is 14.8. The molecule has 0 spiro atoms. The van der Waals surface area contributed by atoms with E-state index >= 15 is 0 Å². The molecule has 0 aliphatic carbocycles. The number of carboxylic acids is 1. The molecule has 6 nitrogen and oxygen atoms in total. The van der Waals surface area contributed by atoms with Crippen molar-refractivity contribution in [1.82, 2.24) is 4.98 Å². The summed E-state index contributed by atoms with van der Waals surface area (Å²) in [6, 6.07) is 9.85. The fourth-order valence-electron chi connectivity index (χ4n) is 3.07. The van der Waals surface area contributed by atoms with Gasteiger partial charge in [-0.15, -0.1) is 0 Å². The molecule has 0 bridgehead atoms. The average Bonchev–Trinajstić information content (AvgIpc) is 2.90. The van der Waals surface area contributed by atoms with Gasteiger partial charge < -0.3 is 14.8 Å². The molecule has 1 aliphatic rings. The molecule has 25 heavy (non-hydrogen) atoms. The third-order valence-corrected chi connectivity index (χ3v) is 6.03. The van der Waals surface area contributed by atoms with Crippen LogP contribution in [0.1, 0.15) is 5.56 Å². The first-order valence-corrected chi connectivity index (χ1v) is 9.40. The van der Waals surface area contributed by atoms with Gasteiger partial charge in [-0.25, -0.2) is 13.2 Å². The Bertz CT molecular complexity index is 1130. The molecule has 0 atom stereocenters. The number of aromatic amines is 1. The molecule has 0 unspecified atom stereocenters. The van der Waals surface area contributed by atoms with Crippen LogP contribution in [0.25, 0.3) is 22.2 Å². The molecule has 1 aromatic heterocycles. The second-order valence-corrected chi connectivity index (χ2v) is 8.16. The minimum absolute atomic E-state index is 0.126. The molecular formula is C17H12ClNO5S. The van der Waals surface area contributed by atoms with Crippen LogP contribution in [0.2, 0.25) is 5.02 Å². The van der Waals surface area contributed by atoms with Crippen molar-refractivity contribution in [2.45, 2.75) is 10.6 Å². The van der Waals surface area contributed by atoms with Gasteiger partial charge in [-0.1, -0.05) is 11.6 Å². The molecule has 4 rings (SSSR count). The summed E-state index contributed by atoms with van der Waals surface area (Å²) in [5.41, 5.74) is 2.76. The molecule has 8 heteroatoms. The van der Waals surface area contributed by atoms with E-state index in [0.717, 1.165) is 16.6 Å². The minimum atomic E-state index is -3.58. The van der Waals surface area contributed by atoms with Crippen LogP contribution in [0.15, 0.2) is 41.3 Å². The molecule has 2 aromatic carbocycles. The smallest absolute Gasteiger partial charge is 0.341 e. The number of halogens is 1. The van der Waals surface area contributed by atoms with E-state index in [1.54, 1.807) is 24.3 Å². The van der Waals surface area contributed by atoms with Crippen LogP contribution in [-0.2, 0) is 20.4 Å². The number of hydrogen-bond donors (Lipinski definition) is 2. The Morgan fingerprint density at radius 1 is 1.24 bits per heavy atom. The Morgan fingerprint density at radius 3 is 2.80 bits per heavy atom. The lowest BCUT2D eigenvalue weighted by molar-refractivity contribution is -0.139. The van der Waals surface area contributed by atoms with Crippen LogP contribution < -0.4 is 4.74 Å². The quantitative estimate of drug-likeness (QED) is 0.730. The van der Waals surface area contributed by atoms with Crippen LogP contribution >= 0.6 is 11.6 Å². The number of rotatable bonds is 3. The number of H-pyrrole nitrogens is 1. The first kappa shape index (κ1) is 16.0. The number of fused-ring (bicyclic) bond motifs is 5. The highest BCUT2D eigenvalue weighted by Gasteiger charge is 2.31. The summed E-state index contributed by atoms with van der Waals surface area (Å²) in [7, 11) is -3.58. The summed E-state index contributed by atoms with van der Waals surface area (Å²) in [6.07, 6.45) is 0. The highest BCUT2D eigenvalue weighted by molar-refractivity contribution is 7.91. The number of aliphatic carboxylic acids is 1. The van der Waals surface area contributed by atoms with Gasteiger partial charge in [-0.2, -0.15) is 0 Å². The van der Waals surface area contributed by atoms with Crippen molar-refractivity contribution < 1.29 is 23.1 Å². The predicted octanol–water partition coefficient (Wildman–Crippen LogP) is 3.24. The Hall–Kier alpha value is -2.51. The Kier molecular flexibility index (Phi) is 3.52. The molecule has 0 saturated heterocycles. The van der Waals surface area contributed by atoms with E-state index in [0.29, 0.717) is 16.1 Å². The van der Waals surface area contributed by atoms with Gasteiger partial charge >= 0.3 is 5.97 Å². The maximum absolute atomic E-state index is 12.7. The summed E-state index contributed by atoms with van der Waals surface area (Å²) in [4.78, 5) is 14.0. The fourth-order valence-corrected chi connectivity index (χ4v) is 4.88. The predicted molar refractivity (Wildman–Crippen MR) is 92.8 cm³/mol. The molecule has 0 amide bonds. The summed E-state index contributed by atoms with van der Waals surface area (Å²) in [5, 5.41) is 10.0. The van der Waals surface area contributed by atoms with Crippen LogP contribution in [0, 0.1) is 0 Å². The number of nitrogens with one attached hydrogen (secondary N) is 1. The Morgan fingerprint density at radius 2 is 2.04 bits per heavy atom. The van der Waals surface area contributed by atoms with Crippen molar-refractivity contribution in [3.8, 4) is 17.0 Å².